The van der Waals surface area contributed by atoms with E-state index in [4.69, 9.17) is 0 Å². The zero-order valence-electron chi connectivity index (χ0n) is 9.74. The van der Waals surface area contributed by atoms with E-state index < -0.39 is 0 Å². The summed E-state index contributed by atoms with van der Waals surface area (Å²) in [7, 11) is 0. The first-order valence-electron chi connectivity index (χ1n) is 6.08. The molecule has 0 bridgehead atoms. The van der Waals surface area contributed by atoms with E-state index in [1.165, 1.54) is 23.5 Å². The molecule has 0 aliphatic heterocycles. The summed E-state index contributed by atoms with van der Waals surface area (Å²) in [5.74, 6) is 1.84. The van der Waals surface area contributed by atoms with Crippen molar-refractivity contribution in [1.82, 2.24) is 0 Å². The Morgan fingerprint density at radius 2 is 2.00 bits per heavy atom. The lowest BCUT2D eigenvalue weighted by atomic mass is 10.1. The summed E-state index contributed by atoms with van der Waals surface area (Å²) >= 11 is 1.88. The molecule has 2 rings (SSSR count). The van der Waals surface area contributed by atoms with Crippen LogP contribution in [-0.2, 0) is 0 Å². The van der Waals surface area contributed by atoms with Crippen LogP contribution in [-0.4, -0.2) is 11.5 Å². The number of thioether (sulfide) groups is 1. The number of rotatable bonds is 6. The highest BCUT2D eigenvalue weighted by molar-refractivity contribution is 7.99. The van der Waals surface area contributed by atoms with E-state index in [0.29, 0.717) is 11.7 Å². The van der Waals surface area contributed by atoms with Crippen LogP contribution in [0.4, 0.5) is 0 Å². The quantitative estimate of drug-likeness (QED) is 0.417. The molecule has 2 heteroatoms. The first kappa shape index (κ1) is 11.7. The second-order valence-corrected chi connectivity index (χ2v) is 5.53. The molecule has 16 heavy (non-hydrogen) atoms. The van der Waals surface area contributed by atoms with E-state index in [1.807, 2.05) is 23.9 Å². The summed E-state index contributed by atoms with van der Waals surface area (Å²) in [5, 5.41) is 0. The largest absolute Gasteiger partial charge is 0.294 e. The van der Waals surface area contributed by atoms with E-state index in [2.05, 4.69) is 19.1 Å². The van der Waals surface area contributed by atoms with Crippen LogP contribution in [0.15, 0.2) is 29.2 Å². The molecule has 1 aliphatic carbocycles. The monoisotopic (exact) mass is 234 g/mol. The molecule has 0 radical (unpaired) electrons. The van der Waals surface area contributed by atoms with Crippen molar-refractivity contribution >= 4 is 17.5 Å². The predicted molar refractivity (Wildman–Crippen MR) is 69.1 cm³/mol. The van der Waals surface area contributed by atoms with E-state index in [0.717, 1.165) is 18.4 Å². The molecule has 1 aromatic rings. The van der Waals surface area contributed by atoms with Gasteiger partial charge in [-0.1, -0.05) is 25.5 Å². The lowest BCUT2D eigenvalue weighted by Crippen LogP contribution is -2.00. The normalized spacial score (nSPS) is 15.1. The maximum atomic E-state index is 11.8. The van der Waals surface area contributed by atoms with Crippen molar-refractivity contribution in [3.63, 3.8) is 0 Å². The third-order valence-electron chi connectivity index (χ3n) is 2.85. The topological polar surface area (TPSA) is 17.1 Å². The van der Waals surface area contributed by atoms with Crippen LogP contribution in [0, 0.1) is 5.92 Å². The Hall–Kier alpha value is -0.760. The number of hydrogen-bond acceptors (Lipinski definition) is 2. The van der Waals surface area contributed by atoms with Gasteiger partial charge in [0.05, 0.1) is 0 Å². The minimum absolute atomic E-state index is 0.332. The van der Waals surface area contributed by atoms with E-state index >= 15 is 0 Å². The molecule has 86 valence electrons. The fraction of sp³-hybridized carbons (Fsp3) is 0.500. The van der Waals surface area contributed by atoms with Gasteiger partial charge in [-0.2, -0.15) is 0 Å². The number of carbonyl (C=O) groups excluding carboxylic acids is 1. The van der Waals surface area contributed by atoms with E-state index in [1.54, 1.807) is 0 Å². The molecule has 0 N–H and O–H groups in total. The average molecular weight is 234 g/mol. The predicted octanol–water partition coefficient (Wildman–Crippen LogP) is 4.17. The molecule has 0 aromatic heterocycles. The number of hydrogen-bond donors (Lipinski definition) is 0. The van der Waals surface area contributed by atoms with Gasteiger partial charge >= 0.3 is 0 Å². The molecule has 1 saturated carbocycles. The molecule has 0 atom stereocenters. The molecule has 1 aromatic carbocycles. The molecule has 1 fully saturated rings. The Labute approximate surface area is 102 Å². The molecule has 1 nitrogen and oxygen atoms in total. The smallest absolute Gasteiger partial charge is 0.165 e. The maximum absolute atomic E-state index is 11.8. The summed E-state index contributed by atoms with van der Waals surface area (Å²) in [4.78, 5) is 13.1. The van der Waals surface area contributed by atoms with Gasteiger partial charge in [0.15, 0.2) is 5.78 Å². The van der Waals surface area contributed by atoms with Gasteiger partial charge in [0.1, 0.15) is 0 Å². The van der Waals surface area contributed by atoms with Crippen LogP contribution in [0.2, 0.25) is 0 Å². The van der Waals surface area contributed by atoms with Gasteiger partial charge in [-0.3, -0.25) is 4.79 Å². The van der Waals surface area contributed by atoms with Gasteiger partial charge in [0, 0.05) is 16.4 Å². The molecule has 0 unspecified atom stereocenters. The number of benzene rings is 1. The van der Waals surface area contributed by atoms with Crippen molar-refractivity contribution in [2.75, 3.05) is 5.75 Å². The number of carbonyl (C=O) groups is 1. The van der Waals surface area contributed by atoms with Crippen LogP contribution in [0.3, 0.4) is 0 Å². The van der Waals surface area contributed by atoms with E-state index in [9.17, 15) is 4.79 Å². The Bertz CT molecular complexity index is 352. The van der Waals surface area contributed by atoms with Gasteiger partial charge in [-0.05, 0) is 37.1 Å². The minimum Gasteiger partial charge on any atom is -0.294 e. The summed E-state index contributed by atoms with van der Waals surface area (Å²) in [6.45, 7) is 2.21. The second-order valence-electron chi connectivity index (χ2n) is 4.36. The van der Waals surface area contributed by atoms with Crippen molar-refractivity contribution < 1.29 is 4.79 Å². The second kappa shape index (κ2) is 5.53. The van der Waals surface area contributed by atoms with Gasteiger partial charge in [-0.15, -0.1) is 11.8 Å². The zero-order valence-corrected chi connectivity index (χ0v) is 10.6. The van der Waals surface area contributed by atoms with Gasteiger partial charge in [-0.25, -0.2) is 0 Å². The Balaban J connectivity index is 1.90. The lowest BCUT2D eigenvalue weighted by Gasteiger charge is -2.02. The minimum atomic E-state index is 0.332. The summed E-state index contributed by atoms with van der Waals surface area (Å²) in [5.41, 5.74) is 0.891. The molecule has 0 heterocycles. The van der Waals surface area contributed by atoms with Gasteiger partial charge in [0.25, 0.3) is 0 Å². The molecule has 1 aliphatic rings. The van der Waals surface area contributed by atoms with Gasteiger partial charge < -0.3 is 0 Å². The van der Waals surface area contributed by atoms with Gasteiger partial charge in [0.2, 0.25) is 0 Å². The van der Waals surface area contributed by atoms with Crippen LogP contribution in [0.25, 0.3) is 0 Å². The Kier molecular flexibility index (Phi) is 4.05. The first-order chi connectivity index (χ1) is 7.81. The van der Waals surface area contributed by atoms with Crippen molar-refractivity contribution in [2.24, 2.45) is 5.92 Å². The molecule has 0 amide bonds. The highest BCUT2D eigenvalue weighted by Crippen LogP contribution is 2.33. The van der Waals surface area contributed by atoms with E-state index in [-0.39, 0.29) is 0 Å². The fourth-order valence-corrected chi connectivity index (χ4v) is 2.63. The summed E-state index contributed by atoms with van der Waals surface area (Å²) in [6.07, 6.45) is 4.68. The number of Topliss-reactive ketones (excluding diaryl/α,β-unsaturated/α-hetero) is 1. The highest BCUT2D eigenvalue weighted by Gasteiger charge is 2.30. The SMILES string of the molecule is CCCCSc1ccc(C(=O)C2CC2)cc1. The standard InChI is InChI=1S/C14H18OS/c1-2-3-10-16-13-8-6-12(7-9-13)14(15)11-4-5-11/h6-9,11H,2-5,10H2,1H3. The zero-order chi connectivity index (χ0) is 11.4. The third-order valence-corrected chi connectivity index (χ3v) is 3.95. The van der Waals surface area contributed by atoms with Crippen molar-refractivity contribution in [3.8, 4) is 0 Å². The maximum Gasteiger partial charge on any atom is 0.165 e. The number of ketones is 1. The van der Waals surface area contributed by atoms with Crippen molar-refractivity contribution in [1.29, 1.82) is 0 Å². The van der Waals surface area contributed by atoms with Crippen LogP contribution in [0.5, 0.6) is 0 Å². The lowest BCUT2D eigenvalue weighted by molar-refractivity contribution is 0.0967. The summed E-state index contributed by atoms with van der Waals surface area (Å²) in [6, 6.07) is 8.12. The van der Waals surface area contributed by atoms with Crippen molar-refractivity contribution in [3.05, 3.63) is 29.8 Å². The Morgan fingerprint density at radius 1 is 1.31 bits per heavy atom. The average Bonchev–Trinajstić information content (AvgIpc) is 3.13. The first-order valence-corrected chi connectivity index (χ1v) is 7.07. The highest BCUT2D eigenvalue weighted by atomic mass is 32.2. The van der Waals surface area contributed by atoms with Crippen LogP contribution in [0.1, 0.15) is 43.0 Å². The Morgan fingerprint density at radius 3 is 2.56 bits per heavy atom. The molecule has 0 spiro atoms. The molecule has 0 saturated heterocycles. The molecular weight excluding hydrogens is 216 g/mol. The van der Waals surface area contributed by atoms with Crippen LogP contribution >= 0.6 is 11.8 Å². The molecular formula is C14H18OS. The third kappa shape index (κ3) is 3.11. The fourth-order valence-electron chi connectivity index (χ4n) is 1.63. The summed E-state index contributed by atoms with van der Waals surface area (Å²) < 4.78 is 0. The van der Waals surface area contributed by atoms with Crippen molar-refractivity contribution in [2.45, 2.75) is 37.5 Å². The van der Waals surface area contributed by atoms with Crippen LogP contribution < -0.4 is 0 Å². The number of unbranched alkanes of at least 4 members (excludes halogenated alkanes) is 1.